The van der Waals surface area contributed by atoms with E-state index in [4.69, 9.17) is 5.73 Å². The number of hydrogen-bond donors (Lipinski definition) is 1. The molecule has 3 rings (SSSR count). The minimum atomic E-state index is 0.469. The Labute approximate surface area is 125 Å². The summed E-state index contributed by atoms with van der Waals surface area (Å²) in [6.07, 6.45) is 0. The second-order valence-electron chi connectivity index (χ2n) is 4.37. The summed E-state index contributed by atoms with van der Waals surface area (Å²) in [4.78, 5) is 8.91. The zero-order valence-electron chi connectivity index (χ0n) is 10.6. The summed E-state index contributed by atoms with van der Waals surface area (Å²) in [5, 5.41) is 0. The highest BCUT2D eigenvalue weighted by molar-refractivity contribution is 9.10. The van der Waals surface area contributed by atoms with Crippen LogP contribution >= 0.6 is 15.9 Å². The molecule has 0 fully saturated rings. The van der Waals surface area contributed by atoms with Crippen LogP contribution in [0.25, 0.3) is 22.6 Å². The first-order valence-corrected chi connectivity index (χ1v) is 6.97. The molecule has 20 heavy (non-hydrogen) atoms. The Balaban J connectivity index is 2.09. The van der Waals surface area contributed by atoms with E-state index >= 15 is 0 Å². The Morgan fingerprint density at radius 3 is 2.20 bits per heavy atom. The summed E-state index contributed by atoms with van der Waals surface area (Å²) in [7, 11) is 0. The Morgan fingerprint density at radius 1 is 0.800 bits per heavy atom. The number of hydrogen-bond acceptors (Lipinski definition) is 3. The van der Waals surface area contributed by atoms with Crippen molar-refractivity contribution < 1.29 is 0 Å². The predicted octanol–water partition coefficient (Wildman–Crippen LogP) is 4.16. The van der Waals surface area contributed by atoms with Gasteiger partial charge in [0.15, 0.2) is 5.82 Å². The van der Waals surface area contributed by atoms with Crippen LogP contribution in [0.3, 0.4) is 0 Å². The number of nitrogen functional groups attached to an aromatic ring is 1. The molecule has 0 spiro atoms. The molecule has 0 saturated carbocycles. The van der Waals surface area contributed by atoms with E-state index in [9.17, 15) is 0 Å². The van der Waals surface area contributed by atoms with Gasteiger partial charge in [-0.15, -0.1) is 0 Å². The highest BCUT2D eigenvalue weighted by Gasteiger charge is 2.07. The van der Waals surface area contributed by atoms with Crippen LogP contribution in [0.5, 0.6) is 0 Å². The van der Waals surface area contributed by atoms with Crippen molar-refractivity contribution >= 4 is 21.7 Å². The largest absolute Gasteiger partial charge is 0.384 e. The van der Waals surface area contributed by atoms with Gasteiger partial charge in [0.1, 0.15) is 5.82 Å². The van der Waals surface area contributed by atoms with Gasteiger partial charge < -0.3 is 5.73 Å². The molecule has 0 aliphatic heterocycles. The fourth-order valence-corrected chi connectivity index (χ4v) is 2.22. The first-order chi connectivity index (χ1) is 9.72. The maximum atomic E-state index is 5.90. The van der Waals surface area contributed by atoms with Crippen molar-refractivity contribution in [3.8, 4) is 22.6 Å². The number of aromatic nitrogens is 2. The maximum Gasteiger partial charge on any atom is 0.162 e. The second-order valence-corrected chi connectivity index (χ2v) is 5.29. The van der Waals surface area contributed by atoms with Crippen LogP contribution in [0.1, 0.15) is 0 Å². The Bertz CT molecular complexity index is 724. The molecule has 0 aliphatic rings. The maximum absolute atomic E-state index is 5.90. The number of nitrogens with zero attached hydrogens (tertiary/aromatic N) is 2. The topological polar surface area (TPSA) is 51.8 Å². The van der Waals surface area contributed by atoms with Gasteiger partial charge in [-0.05, 0) is 12.1 Å². The molecule has 98 valence electrons. The number of nitrogens with two attached hydrogens (primary N) is 1. The van der Waals surface area contributed by atoms with E-state index in [0.29, 0.717) is 11.6 Å². The SMILES string of the molecule is Nc1cc(-c2ccccc2)nc(-c2ccc(Br)cc2)n1. The lowest BCUT2D eigenvalue weighted by molar-refractivity contribution is 1.19. The first-order valence-electron chi connectivity index (χ1n) is 6.18. The van der Waals surface area contributed by atoms with Crippen LogP contribution in [-0.4, -0.2) is 9.97 Å². The zero-order chi connectivity index (χ0) is 13.9. The lowest BCUT2D eigenvalue weighted by atomic mass is 10.1. The van der Waals surface area contributed by atoms with E-state index in [1.165, 1.54) is 0 Å². The third kappa shape index (κ3) is 2.70. The molecule has 4 heteroatoms. The number of rotatable bonds is 2. The van der Waals surface area contributed by atoms with Crippen LogP contribution in [0, 0.1) is 0 Å². The molecule has 0 amide bonds. The summed E-state index contributed by atoms with van der Waals surface area (Å²) < 4.78 is 1.02. The van der Waals surface area contributed by atoms with Crippen LogP contribution < -0.4 is 5.73 Å². The summed E-state index contributed by atoms with van der Waals surface area (Å²) in [6, 6.07) is 19.6. The van der Waals surface area contributed by atoms with Crippen LogP contribution in [0.15, 0.2) is 65.1 Å². The van der Waals surface area contributed by atoms with Crippen LogP contribution in [0.2, 0.25) is 0 Å². The third-order valence-corrected chi connectivity index (χ3v) is 3.45. The Kier molecular flexibility index (Phi) is 3.48. The van der Waals surface area contributed by atoms with Crippen molar-refractivity contribution in [2.24, 2.45) is 0 Å². The summed E-state index contributed by atoms with van der Waals surface area (Å²) in [5.41, 5.74) is 8.70. The van der Waals surface area contributed by atoms with Gasteiger partial charge in [0.05, 0.1) is 5.69 Å². The lowest BCUT2D eigenvalue weighted by Crippen LogP contribution is -1.97. The molecular weight excluding hydrogens is 314 g/mol. The zero-order valence-corrected chi connectivity index (χ0v) is 12.2. The van der Waals surface area contributed by atoms with Gasteiger partial charge in [0.2, 0.25) is 0 Å². The van der Waals surface area contributed by atoms with E-state index in [-0.39, 0.29) is 0 Å². The van der Waals surface area contributed by atoms with Crippen molar-refractivity contribution in [3.05, 3.63) is 65.1 Å². The number of benzene rings is 2. The predicted molar refractivity (Wildman–Crippen MR) is 85.0 cm³/mol. The van der Waals surface area contributed by atoms with Crippen molar-refractivity contribution in [3.63, 3.8) is 0 Å². The molecule has 3 nitrogen and oxygen atoms in total. The van der Waals surface area contributed by atoms with E-state index in [0.717, 1.165) is 21.3 Å². The third-order valence-electron chi connectivity index (χ3n) is 2.92. The molecule has 0 atom stereocenters. The van der Waals surface area contributed by atoms with Crippen molar-refractivity contribution in [1.29, 1.82) is 0 Å². The number of halogens is 1. The second kappa shape index (κ2) is 5.43. The minimum absolute atomic E-state index is 0.469. The van der Waals surface area contributed by atoms with Crippen molar-refractivity contribution in [2.45, 2.75) is 0 Å². The fourth-order valence-electron chi connectivity index (χ4n) is 1.95. The number of anilines is 1. The standard InChI is InChI=1S/C16H12BrN3/c17-13-8-6-12(7-9-13)16-19-14(10-15(18)20-16)11-4-2-1-3-5-11/h1-10H,(H2,18,19,20). The van der Waals surface area contributed by atoms with Gasteiger partial charge in [0.25, 0.3) is 0 Å². The van der Waals surface area contributed by atoms with Crippen molar-refractivity contribution in [1.82, 2.24) is 9.97 Å². The van der Waals surface area contributed by atoms with Gasteiger partial charge in [-0.25, -0.2) is 9.97 Å². The summed E-state index contributed by atoms with van der Waals surface area (Å²) >= 11 is 3.42. The molecule has 0 saturated heterocycles. The Morgan fingerprint density at radius 2 is 1.50 bits per heavy atom. The highest BCUT2D eigenvalue weighted by atomic mass is 79.9. The lowest BCUT2D eigenvalue weighted by Gasteiger charge is -2.06. The van der Waals surface area contributed by atoms with E-state index in [1.54, 1.807) is 6.07 Å². The molecule has 0 aliphatic carbocycles. The summed E-state index contributed by atoms with van der Waals surface area (Å²) in [6.45, 7) is 0. The molecule has 0 unspecified atom stereocenters. The molecular formula is C16H12BrN3. The molecule has 1 heterocycles. The Hall–Kier alpha value is -2.20. The van der Waals surface area contributed by atoms with Gasteiger partial charge in [0, 0.05) is 21.7 Å². The average molecular weight is 326 g/mol. The van der Waals surface area contributed by atoms with Gasteiger partial charge >= 0.3 is 0 Å². The minimum Gasteiger partial charge on any atom is -0.384 e. The average Bonchev–Trinajstić information content (AvgIpc) is 2.48. The highest BCUT2D eigenvalue weighted by Crippen LogP contribution is 2.24. The molecule has 1 aromatic heterocycles. The van der Waals surface area contributed by atoms with Gasteiger partial charge in [-0.1, -0.05) is 58.4 Å². The molecule has 0 radical (unpaired) electrons. The fraction of sp³-hybridized carbons (Fsp3) is 0. The molecule has 2 aromatic carbocycles. The molecule has 2 N–H and O–H groups in total. The normalized spacial score (nSPS) is 10.4. The van der Waals surface area contributed by atoms with E-state index in [1.807, 2.05) is 54.6 Å². The van der Waals surface area contributed by atoms with Crippen molar-refractivity contribution in [2.75, 3.05) is 5.73 Å². The van der Waals surface area contributed by atoms with Crippen LogP contribution in [0.4, 0.5) is 5.82 Å². The quantitative estimate of drug-likeness (QED) is 0.769. The summed E-state index contributed by atoms with van der Waals surface area (Å²) in [5.74, 6) is 1.10. The van der Waals surface area contributed by atoms with Gasteiger partial charge in [-0.2, -0.15) is 0 Å². The van der Waals surface area contributed by atoms with E-state index < -0.39 is 0 Å². The molecule has 3 aromatic rings. The first kappa shape index (κ1) is 12.8. The monoisotopic (exact) mass is 325 g/mol. The molecule has 0 bridgehead atoms. The van der Waals surface area contributed by atoms with Gasteiger partial charge in [-0.3, -0.25) is 0 Å². The smallest absolute Gasteiger partial charge is 0.162 e. The van der Waals surface area contributed by atoms with Crippen LogP contribution in [-0.2, 0) is 0 Å². The van der Waals surface area contributed by atoms with E-state index in [2.05, 4.69) is 25.9 Å².